The van der Waals surface area contributed by atoms with Gasteiger partial charge < -0.3 is 11.5 Å². The molecule has 0 saturated carbocycles. The largest absolute Gasteiger partial charge is 0.394 e. The van der Waals surface area contributed by atoms with E-state index in [4.69, 9.17) is 28.5 Å². The van der Waals surface area contributed by atoms with Gasteiger partial charge >= 0.3 is 0 Å². The van der Waals surface area contributed by atoms with Gasteiger partial charge in [0.15, 0.2) is 0 Å². The number of hydrogen-bond acceptors (Lipinski definition) is 3. The average Bonchev–Trinajstić information content (AvgIpc) is 1.84. The van der Waals surface area contributed by atoms with Crippen LogP contribution in [-0.4, -0.2) is 11.0 Å². The second kappa shape index (κ2) is 3.98. The number of hydrogen-bond donors (Lipinski definition) is 3. The molecular weight excluding hydrogens is 164 g/mol. The molecule has 0 rings (SSSR count). The first kappa shape index (κ1) is 9.97. The summed E-state index contributed by atoms with van der Waals surface area (Å²) in [6.07, 6.45) is 0. The van der Waals surface area contributed by atoms with Crippen molar-refractivity contribution in [2.24, 2.45) is 16.5 Å². The fraction of sp³-hybridized carbons (Fsp3) is 0.333. The summed E-state index contributed by atoms with van der Waals surface area (Å²) in [4.78, 5) is 3.81. The SMILES string of the molecule is CC(Cl)=N/C(C)=C(/N)C(=N)N. The van der Waals surface area contributed by atoms with Crippen LogP contribution < -0.4 is 11.5 Å². The number of allylic oxidation sites excluding steroid dienone is 1. The molecule has 5 heteroatoms. The Morgan fingerprint density at radius 2 is 1.82 bits per heavy atom. The predicted molar refractivity (Wildman–Crippen MR) is 47.8 cm³/mol. The number of nitrogens with zero attached hydrogens (tertiary/aromatic N) is 1. The maximum absolute atomic E-state index is 6.96. The molecule has 0 saturated heterocycles. The van der Waals surface area contributed by atoms with E-state index < -0.39 is 0 Å². The number of halogens is 1. The van der Waals surface area contributed by atoms with Gasteiger partial charge in [-0.05, 0) is 13.8 Å². The molecule has 0 aliphatic carbocycles. The standard InChI is InChI=1S/C6H11ClN4/c1-3(11-4(2)7)5(8)6(9)10/h8H2,1-2H3,(H3,9,10)/b5-3+,11-4?. The highest BCUT2D eigenvalue weighted by Crippen LogP contribution is 2.01. The molecule has 0 bridgehead atoms. The summed E-state index contributed by atoms with van der Waals surface area (Å²) in [5, 5.41) is 7.32. The van der Waals surface area contributed by atoms with Crippen molar-refractivity contribution in [2.75, 3.05) is 0 Å². The van der Waals surface area contributed by atoms with Crippen LogP contribution >= 0.6 is 11.6 Å². The van der Waals surface area contributed by atoms with Crippen LogP contribution in [0.15, 0.2) is 16.4 Å². The Hall–Kier alpha value is -1.03. The molecule has 0 heterocycles. The van der Waals surface area contributed by atoms with Gasteiger partial charge in [-0.2, -0.15) is 0 Å². The van der Waals surface area contributed by atoms with Crippen molar-refractivity contribution >= 4 is 22.6 Å². The molecule has 0 amide bonds. The molecule has 4 nitrogen and oxygen atoms in total. The monoisotopic (exact) mass is 174 g/mol. The number of nitrogens with two attached hydrogens (primary N) is 2. The van der Waals surface area contributed by atoms with E-state index in [9.17, 15) is 0 Å². The summed E-state index contributed by atoms with van der Waals surface area (Å²) in [5.74, 6) is -0.191. The van der Waals surface area contributed by atoms with Gasteiger partial charge in [-0.1, -0.05) is 11.6 Å². The van der Waals surface area contributed by atoms with Crippen LogP contribution in [0, 0.1) is 5.41 Å². The lowest BCUT2D eigenvalue weighted by Gasteiger charge is -1.99. The lowest BCUT2D eigenvalue weighted by Crippen LogP contribution is -2.20. The van der Waals surface area contributed by atoms with E-state index in [0.717, 1.165) is 0 Å². The molecule has 0 radical (unpaired) electrons. The topological polar surface area (TPSA) is 88.2 Å². The van der Waals surface area contributed by atoms with Crippen molar-refractivity contribution in [3.63, 3.8) is 0 Å². The van der Waals surface area contributed by atoms with E-state index in [2.05, 4.69) is 4.99 Å². The fourth-order valence-corrected chi connectivity index (χ4v) is 0.613. The molecule has 62 valence electrons. The van der Waals surface area contributed by atoms with Gasteiger partial charge in [0.2, 0.25) is 0 Å². The van der Waals surface area contributed by atoms with Crippen molar-refractivity contribution in [2.45, 2.75) is 13.8 Å². The molecule has 11 heavy (non-hydrogen) atoms. The first-order valence-electron chi connectivity index (χ1n) is 2.96. The molecule has 0 fully saturated rings. The summed E-state index contributed by atoms with van der Waals surface area (Å²) in [7, 11) is 0. The zero-order valence-electron chi connectivity index (χ0n) is 6.48. The van der Waals surface area contributed by atoms with Crippen LogP contribution in [0.2, 0.25) is 0 Å². The molecule has 0 aromatic rings. The molecular formula is C6H11ClN4. The zero-order valence-corrected chi connectivity index (χ0v) is 7.24. The average molecular weight is 175 g/mol. The number of nitrogens with one attached hydrogen (secondary N) is 1. The van der Waals surface area contributed by atoms with Gasteiger partial charge in [0.1, 0.15) is 11.0 Å². The Bertz CT molecular complexity index is 225. The Labute approximate surface area is 70.4 Å². The third-order valence-electron chi connectivity index (χ3n) is 1.00. The first-order chi connectivity index (χ1) is 4.95. The zero-order chi connectivity index (χ0) is 9.02. The Morgan fingerprint density at radius 3 is 2.09 bits per heavy atom. The molecule has 0 aromatic heterocycles. The van der Waals surface area contributed by atoms with E-state index in [-0.39, 0.29) is 11.5 Å². The fourth-order valence-electron chi connectivity index (χ4n) is 0.486. The molecule has 0 aliphatic rings. The lowest BCUT2D eigenvalue weighted by atomic mass is 10.3. The number of aliphatic imine (C=N–C) groups is 1. The normalized spacial score (nSPS) is 14.3. The minimum Gasteiger partial charge on any atom is -0.394 e. The minimum atomic E-state index is -0.191. The van der Waals surface area contributed by atoms with E-state index >= 15 is 0 Å². The quantitative estimate of drug-likeness (QED) is 0.427. The van der Waals surface area contributed by atoms with Crippen LogP contribution in [0.4, 0.5) is 0 Å². The van der Waals surface area contributed by atoms with Gasteiger partial charge in [0.05, 0.1) is 11.4 Å². The summed E-state index contributed by atoms with van der Waals surface area (Å²) >= 11 is 5.47. The van der Waals surface area contributed by atoms with Crippen LogP contribution in [0.25, 0.3) is 0 Å². The first-order valence-corrected chi connectivity index (χ1v) is 3.34. The lowest BCUT2D eigenvalue weighted by molar-refractivity contribution is 1.20. The van der Waals surface area contributed by atoms with E-state index in [1.807, 2.05) is 0 Å². The summed E-state index contributed by atoms with van der Waals surface area (Å²) < 4.78 is 0. The third kappa shape index (κ3) is 3.62. The van der Waals surface area contributed by atoms with Crippen molar-refractivity contribution in [3.05, 3.63) is 11.4 Å². The second-order valence-electron chi connectivity index (χ2n) is 2.02. The second-order valence-corrected chi connectivity index (χ2v) is 2.57. The summed E-state index contributed by atoms with van der Waals surface area (Å²) in [6, 6.07) is 0. The maximum atomic E-state index is 6.96. The van der Waals surface area contributed by atoms with E-state index in [1.165, 1.54) is 0 Å². The van der Waals surface area contributed by atoms with Crippen LogP contribution in [-0.2, 0) is 0 Å². The highest BCUT2D eigenvalue weighted by molar-refractivity contribution is 6.64. The molecule has 0 spiro atoms. The molecule has 0 aromatic carbocycles. The molecule has 0 unspecified atom stereocenters. The molecule has 0 atom stereocenters. The Balaban J connectivity index is 4.68. The summed E-state index contributed by atoms with van der Waals surface area (Å²) in [5.41, 5.74) is 11.1. The summed E-state index contributed by atoms with van der Waals surface area (Å²) in [6.45, 7) is 3.26. The van der Waals surface area contributed by atoms with Gasteiger partial charge in [0.25, 0.3) is 0 Å². The van der Waals surface area contributed by atoms with Gasteiger partial charge in [-0.15, -0.1) is 0 Å². The highest BCUT2D eigenvalue weighted by Gasteiger charge is 1.98. The van der Waals surface area contributed by atoms with Crippen LogP contribution in [0.5, 0.6) is 0 Å². The highest BCUT2D eigenvalue weighted by atomic mass is 35.5. The molecule has 0 aliphatic heterocycles. The van der Waals surface area contributed by atoms with Crippen LogP contribution in [0.3, 0.4) is 0 Å². The van der Waals surface area contributed by atoms with Crippen LogP contribution in [0.1, 0.15) is 13.8 Å². The van der Waals surface area contributed by atoms with Gasteiger partial charge in [-0.3, -0.25) is 5.41 Å². The predicted octanol–water partition coefficient (Wildman–Crippen LogP) is 0.770. The van der Waals surface area contributed by atoms with E-state index in [0.29, 0.717) is 10.9 Å². The van der Waals surface area contributed by atoms with Crippen molar-refractivity contribution in [1.29, 1.82) is 5.41 Å². The Morgan fingerprint density at radius 1 is 1.36 bits per heavy atom. The van der Waals surface area contributed by atoms with Crippen molar-refractivity contribution in [3.8, 4) is 0 Å². The smallest absolute Gasteiger partial charge is 0.140 e. The minimum absolute atomic E-state index is 0.157. The maximum Gasteiger partial charge on any atom is 0.140 e. The van der Waals surface area contributed by atoms with Gasteiger partial charge in [-0.25, -0.2) is 4.99 Å². The van der Waals surface area contributed by atoms with Crippen molar-refractivity contribution in [1.82, 2.24) is 0 Å². The Kier molecular flexibility index (Phi) is 3.60. The van der Waals surface area contributed by atoms with Gasteiger partial charge in [0, 0.05) is 0 Å². The van der Waals surface area contributed by atoms with E-state index in [1.54, 1.807) is 13.8 Å². The number of rotatable bonds is 2. The number of amidine groups is 1. The molecule has 5 N–H and O–H groups in total. The third-order valence-corrected chi connectivity index (χ3v) is 1.09. The van der Waals surface area contributed by atoms with Crippen molar-refractivity contribution < 1.29 is 0 Å².